The van der Waals surface area contributed by atoms with Crippen molar-refractivity contribution in [2.24, 2.45) is 0 Å². The van der Waals surface area contributed by atoms with E-state index in [1.807, 2.05) is 71.3 Å². The first-order valence-electron chi connectivity index (χ1n) is 13.3. The van der Waals surface area contributed by atoms with E-state index in [1.165, 1.54) is 6.33 Å². The van der Waals surface area contributed by atoms with E-state index < -0.39 is 11.6 Å². The number of hydrogen-bond acceptors (Lipinski definition) is 8. The third kappa shape index (κ3) is 4.69. The van der Waals surface area contributed by atoms with Crippen LogP contribution in [0.4, 0.5) is 5.82 Å². The van der Waals surface area contributed by atoms with Gasteiger partial charge in [-0.15, -0.1) is 0 Å². The quantitative estimate of drug-likeness (QED) is 0.194. The van der Waals surface area contributed by atoms with Crippen molar-refractivity contribution in [3.63, 3.8) is 0 Å². The summed E-state index contributed by atoms with van der Waals surface area (Å²) in [5.41, 5.74) is 4.13. The lowest BCUT2D eigenvalue weighted by atomic mass is 9.77. The highest BCUT2D eigenvalue weighted by molar-refractivity contribution is 5.84. The zero-order valence-electron chi connectivity index (χ0n) is 22.9. The number of aliphatic hydroxyl groups is 1. The number of nitrogens with one attached hydrogen (secondary N) is 1. The number of aliphatic hydroxyl groups excluding tert-OH is 1. The normalized spacial score (nSPS) is 17.1. The fraction of sp³-hybridized carbons (Fsp3) is 0.219. The van der Waals surface area contributed by atoms with Crippen LogP contribution in [0, 0.1) is 0 Å². The summed E-state index contributed by atoms with van der Waals surface area (Å²) in [7, 11) is 3.31. The van der Waals surface area contributed by atoms with Crippen LogP contribution in [-0.2, 0) is 10.3 Å². The summed E-state index contributed by atoms with van der Waals surface area (Å²) in [6.45, 7) is 3.94. The first-order chi connectivity index (χ1) is 20.1. The maximum absolute atomic E-state index is 9.67. The number of nitrogens with zero attached hydrogens (tertiary/aromatic N) is 4. The first kappa shape index (κ1) is 26.5. The molecule has 208 valence electrons. The first-order valence-corrected chi connectivity index (χ1v) is 13.3. The maximum atomic E-state index is 9.67. The summed E-state index contributed by atoms with van der Waals surface area (Å²) < 4.78 is 18.8. The van der Waals surface area contributed by atoms with Gasteiger partial charge in [-0.05, 0) is 46.5 Å². The highest BCUT2D eigenvalue weighted by Crippen LogP contribution is 2.42. The number of methoxy groups -OCH3 is 2. The van der Waals surface area contributed by atoms with Gasteiger partial charge in [0.15, 0.2) is 17.0 Å². The molecule has 0 unspecified atom stereocenters. The van der Waals surface area contributed by atoms with E-state index in [1.54, 1.807) is 20.5 Å². The Morgan fingerprint density at radius 1 is 0.902 bits per heavy atom. The van der Waals surface area contributed by atoms with Crippen LogP contribution in [0.2, 0.25) is 0 Å². The van der Waals surface area contributed by atoms with E-state index >= 15 is 0 Å². The molecule has 1 fully saturated rings. The van der Waals surface area contributed by atoms with Crippen LogP contribution in [0.25, 0.3) is 11.2 Å². The van der Waals surface area contributed by atoms with Crippen molar-refractivity contribution in [3.8, 4) is 11.5 Å². The van der Waals surface area contributed by atoms with Crippen molar-refractivity contribution >= 4 is 17.0 Å². The lowest BCUT2D eigenvalue weighted by Crippen LogP contribution is -2.38. The largest absolute Gasteiger partial charge is 0.497 e. The van der Waals surface area contributed by atoms with Crippen molar-refractivity contribution in [2.75, 3.05) is 26.1 Å². The Kier molecular flexibility index (Phi) is 7.13. The topological polar surface area (TPSA) is 104 Å². The van der Waals surface area contributed by atoms with Crippen LogP contribution in [-0.4, -0.2) is 51.6 Å². The molecule has 41 heavy (non-hydrogen) atoms. The molecule has 0 saturated carbocycles. The van der Waals surface area contributed by atoms with Gasteiger partial charge in [0.25, 0.3) is 0 Å². The van der Waals surface area contributed by atoms with E-state index in [0.29, 0.717) is 23.4 Å². The second-order valence-corrected chi connectivity index (χ2v) is 9.87. The maximum Gasteiger partial charge on any atom is 0.167 e. The van der Waals surface area contributed by atoms with Gasteiger partial charge in [0.1, 0.15) is 35.7 Å². The van der Waals surface area contributed by atoms with Crippen molar-refractivity contribution < 1.29 is 19.3 Å². The second kappa shape index (κ2) is 11.0. The smallest absolute Gasteiger partial charge is 0.167 e. The minimum atomic E-state index is -0.870. The Morgan fingerprint density at radius 3 is 2.07 bits per heavy atom. The number of rotatable bonds is 9. The number of hydrogen-bond donors (Lipinski definition) is 2. The van der Waals surface area contributed by atoms with Crippen LogP contribution in [0.15, 0.2) is 104 Å². The van der Waals surface area contributed by atoms with Gasteiger partial charge in [-0.25, -0.2) is 15.0 Å². The number of imidazole rings is 1. The molecular formula is C32H31N5O4. The second-order valence-electron chi connectivity index (χ2n) is 9.87. The molecule has 0 aliphatic carbocycles. The van der Waals surface area contributed by atoms with Crippen LogP contribution in [0.3, 0.4) is 0 Å². The van der Waals surface area contributed by atoms with Gasteiger partial charge in [0.05, 0.1) is 27.2 Å². The lowest BCUT2D eigenvalue weighted by molar-refractivity contribution is -0.0146. The molecule has 2 aromatic heterocycles. The van der Waals surface area contributed by atoms with Gasteiger partial charge in [0.2, 0.25) is 0 Å². The molecule has 2 N–H and O–H groups in total. The summed E-state index contributed by atoms with van der Waals surface area (Å²) in [4.78, 5) is 14.0. The Bertz CT molecular complexity index is 1600. The minimum Gasteiger partial charge on any atom is -0.497 e. The number of fused-ring (bicyclic) bond motifs is 1. The van der Waals surface area contributed by atoms with Gasteiger partial charge in [-0.3, -0.25) is 4.57 Å². The molecule has 3 aromatic carbocycles. The molecule has 1 aliphatic heterocycles. The summed E-state index contributed by atoms with van der Waals surface area (Å²) in [6, 6.07) is 26.2. The molecule has 1 aliphatic rings. The molecule has 9 heteroatoms. The monoisotopic (exact) mass is 549 g/mol. The predicted molar refractivity (Wildman–Crippen MR) is 156 cm³/mol. The number of benzene rings is 3. The van der Waals surface area contributed by atoms with Gasteiger partial charge in [0, 0.05) is 6.42 Å². The van der Waals surface area contributed by atoms with Crippen LogP contribution < -0.4 is 14.8 Å². The fourth-order valence-electron chi connectivity index (χ4n) is 5.44. The van der Waals surface area contributed by atoms with Gasteiger partial charge >= 0.3 is 0 Å². The zero-order valence-corrected chi connectivity index (χ0v) is 22.9. The fourth-order valence-corrected chi connectivity index (χ4v) is 5.44. The van der Waals surface area contributed by atoms with Gasteiger partial charge < -0.3 is 24.6 Å². The van der Waals surface area contributed by atoms with E-state index in [4.69, 9.17) is 19.2 Å². The summed E-state index contributed by atoms with van der Waals surface area (Å²) in [5.74, 6) is 2.07. The number of anilines is 1. The third-order valence-corrected chi connectivity index (χ3v) is 7.61. The standard InChI is InChI=1S/C32H31N5O4/c1-21-17-28(41-27(21)18-38)37-20-35-29-30(33-19-34-31(29)37)36-32(22-7-5-4-6-8-22,23-9-13-25(39-2)14-10-23)24-11-15-26(40-3)16-12-24/h4-16,19-20,27-28,38H,1,17-18H2,2-3H3,(H,33,34,36)/t27-,28-/m0/s1. The van der Waals surface area contributed by atoms with E-state index in [9.17, 15) is 5.11 Å². The van der Waals surface area contributed by atoms with Crippen LogP contribution >= 0.6 is 0 Å². The average Bonchev–Trinajstić information content (AvgIpc) is 3.64. The molecule has 0 radical (unpaired) electrons. The van der Waals surface area contributed by atoms with E-state index in [2.05, 4.69) is 34.0 Å². The summed E-state index contributed by atoms with van der Waals surface area (Å²) in [6.07, 6.45) is 3.01. The Morgan fingerprint density at radius 2 is 1.51 bits per heavy atom. The summed E-state index contributed by atoms with van der Waals surface area (Å²) >= 11 is 0. The SMILES string of the molecule is C=C1C[C@@H](n2cnc3c(NC(c4ccccc4)(c4ccc(OC)cc4)c4ccc(OC)cc4)ncnc32)O[C@H]1CO. The van der Waals surface area contributed by atoms with Gasteiger partial charge in [-0.2, -0.15) is 0 Å². The van der Waals surface area contributed by atoms with Gasteiger partial charge in [-0.1, -0.05) is 61.2 Å². The van der Waals surface area contributed by atoms with Crippen LogP contribution in [0.5, 0.6) is 11.5 Å². The van der Waals surface area contributed by atoms with Crippen LogP contribution in [0.1, 0.15) is 29.3 Å². The lowest BCUT2D eigenvalue weighted by Gasteiger charge is -2.37. The van der Waals surface area contributed by atoms with Crippen molar-refractivity contribution in [3.05, 3.63) is 120 Å². The minimum absolute atomic E-state index is 0.118. The zero-order chi connectivity index (χ0) is 28.4. The van der Waals surface area contributed by atoms with Crippen molar-refractivity contribution in [1.29, 1.82) is 0 Å². The number of aromatic nitrogens is 4. The molecular weight excluding hydrogens is 518 g/mol. The molecule has 0 amide bonds. The molecule has 5 aromatic rings. The highest BCUT2D eigenvalue weighted by Gasteiger charge is 2.38. The van der Waals surface area contributed by atoms with E-state index in [-0.39, 0.29) is 12.8 Å². The molecule has 6 rings (SSSR count). The molecule has 1 saturated heterocycles. The third-order valence-electron chi connectivity index (χ3n) is 7.61. The Balaban J connectivity index is 1.53. The van der Waals surface area contributed by atoms with E-state index in [0.717, 1.165) is 33.8 Å². The molecule has 0 spiro atoms. The predicted octanol–water partition coefficient (Wildman–Crippen LogP) is 5.08. The summed E-state index contributed by atoms with van der Waals surface area (Å²) in [5, 5.41) is 13.5. The van der Waals surface area contributed by atoms with Crippen molar-refractivity contribution in [2.45, 2.75) is 24.3 Å². The van der Waals surface area contributed by atoms with Crippen molar-refractivity contribution in [1.82, 2.24) is 19.5 Å². The Hall–Kier alpha value is -4.73. The Labute approximate surface area is 238 Å². The highest BCUT2D eigenvalue weighted by atomic mass is 16.5. The molecule has 0 bridgehead atoms. The molecule has 3 heterocycles. The molecule has 2 atom stereocenters. The molecule has 9 nitrogen and oxygen atoms in total. The number of ether oxygens (including phenoxy) is 3. The average molecular weight is 550 g/mol.